The van der Waals surface area contributed by atoms with Gasteiger partial charge in [0.25, 0.3) is 0 Å². The molecule has 3 aromatic rings. The van der Waals surface area contributed by atoms with E-state index in [4.69, 9.17) is 0 Å². The molecule has 1 amide bonds. The van der Waals surface area contributed by atoms with Gasteiger partial charge in [-0.2, -0.15) is 5.10 Å². The smallest absolute Gasteiger partial charge is 0.225 e. The van der Waals surface area contributed by atoms with Crippen molar-refractivity contribution < 1.29 is 4.79 Å². The van der Waals surface area contributed by atoms with E-state index in [0.717, 1.165) is 34.1 Å². The number of nitrogens with one attached hydrogen (secondary N) is 1. The van der Waals surface area contributed by atoms with Crippen LogP contribution in [-0.2, 0) is 17.6 Å². The van der Waals surface area contributed by atoms with Crippen molar-refractivity contribution >= 4 is 17.2 Å². The molecule has 0 saturated carbocycles. The molecule has 0 atom stereocenters. The van der Waals surface area contributed by atoms with Gasteiger partial charge >= 0.3 is 0 Å². The average molecular weight is 340 g/mol. The molecular formula is C18H20N4OS. The van der Waals surface area contributed by atoms with Crippen LogP contribution in [0, 0.1) is 13.8 Å². The van der Waals surface area contributed by atoms with Gasteiger partial charge in [0.05, 0.1) is 12.1 Å². The van der Waals surface area contributed by atoms with Gasteiger partial charge in [-0.15, -0.1) is 11.3 Å². The number of carbonyl (C=O) groups is 1. The van der Waals surface area contributed by atoms with Crippen LogP contribution in [0.2, 0.25) is 0 Å². The number of hydrogen-bond acceptors (Lipinski definition) is 4. The van der Waals surface area contributed by atoms with Gasteiger partial charge < -0.3 is 5.32 Å². The van der Waals surface area contributed by atoms with Crippen molar-refractivity contribution in [3.63, 3.8) is 0 Å². The highest BCUT2D eigenvalue weighted by Gasteiger charge is 2.13. The first-order valence-electron chi connectivity index (χ1n) is 7.90. The van der Waals surface area contributed by atoms with Crippen LogP contribution < -0.4 is 5.32 Å². The lowest BCUT2D eigenvalue weighted by Crippen LogP contribution is -2.27. The minimum Gasteiger partial charge on any atom is -0.355 e. The third kappa shape index (κ3) is 3.71. The summed E-state index contributed by atoms with van der Waals surface area (Å²) in [6.45, 7) is 4.65. The Bertz CT molecular complexity index is 809. The molecule has 3 heterocycles. The molecule has 0 aromatic carbocycles. The highest BCUT2D eigenvalue weighted by atomic mass is 32.1. The number of hydrogen-bond donors (Lipinski definition) is 1. The van der Waals surface area contributed by atoms with Crippen LogP contribution in [0.25, 0.3) is 5.82 Å². The van der Waals surface area contributed by atoms with E-state index in [2.05, 4.69) is 15.4 Å². The summed E-state index contributed by atoms with van der Waals surface area (Å²) in [7, 11) is 0. The second-order valence-corrected chi connectivity index (χ2v) is 6.64. The Morgan fingerprint density at radius 1 is 1.25 bits per heavy atom. The van der Waals surface area contributed by atoms with Gasteiger partial charge in [0, 0.05) is 23.3 Å². The van der Waals surface area contributed by atoms with Gasteiger partial charge in [0.15, 0.2) is 5.82 Å². The molecule has 1 N–H and O–H groups in total. The summed E-state index contributed by atoms with van der Waals surface area (Å²) in [4.78, 5) is 17.4. The normalized spacial score (nSPS) is 10.8. The van der Waals surface area contributed by atoms with Crippen molar-refractivity contribution in [2.24, 2.45) is 0 Å². The molecule has 6 heteroatoms. The maximum atomic E-state index is 12.0. The molecule has 0 spiro atoms. The average Bonchev–Trinajstić information content (AvgIpc) is 3.18. The van der Waals surface area contributed by atoms with Crippen molar-refractivity contribution in [1.29, 1.82) is 0 Å². The van der Waals surface area contributed by atoms with Crippen LogP contribution >= 0.6 is 11.3 Å². The van der Waals surface area contributed by atoms with Crippen molar-refractivity contribution in [2.75, 3.05) is 6.54 Å². The molecule has 0 radical (unpaired) electrons. The summed E-state index contributed by atoms with van der Waals surface area (Å²) in [6, 6.07) is 9.72. The third-order valence-corrected chi connectivity index (χ3v) is 4.80. The molecule has 0 unspecified atom stereocenters. The van der Waals surface area contributed by atoms with Gasteiger partial charge in [-0.25, -0.2) is 9.67 Å². The van der Waals surface area contributed by atoms with Crippen molar-refractivity contribution in [3.05, 3.63) is 63.7 Å². The second kappa shape index (κ2) is 7.40. The van der Waals surface area contributed by atoms with Crippen molar-refractivity contribution in [2.45, 2.75) is 26.7 Å². The van der Waals surface area contributed by atoms with Gasteiger partial charge in [-0.3, -0.25) is 4.79 Å². The summed E-state index contributed by atoms with van der Waals surface area (Å²) >= 11 is 1.61. The fourth-order valence-electron chi connectivity index (χ4n) is 2.70. The zero-order chi connectivity index (χ0) is 16.9. The second-order valence-electron chi connectivity index (χ2n) is 5.61. The van der Waals surface area contributed by atoms with Gasteiger partial charge in [0.2, 0.25) is 5.91 Å². The van der Waals surface area contributed by atoms with Crippen molar-refractivity contribution in [1.82, 2.24) is 20.1 Å². The minimum atomic E-state index is 0.0601. The van der Waals surface area contributed by atoms with E-state index in [-0.39, 0.29) is 5.91 Å². The lowest BCUT2D eigenvalue weighted by molar-refractivity contribution is -0.120. The lowest BCUT2D eigenvalue weighted by atomic mass is 10.1. The van der Waals surface area contributed by atoms with Crippen LogP contribution in [0.15, 0.2) is 41.9 Å². The summed E-state index contributed by atoms with van der Waals surface area (Å²) in [5.74, 6) is 0.871. The molecule has 24 heavy (non-hydrogen) atoms. The Morgan fingerprint density at radius 3 is 2.83 bits per heavy atom. The van der Waals surface area contributed by atoms with E-state index in [9.17, 15) is 4.79 Å². The van der Waals surface area contributed by atoms with Crippen LogP contribution in [0.1, 0.15) is 21.8 Å². The van der Waals surface area contributed by atoms with Crippen LogP contribution in [0.3, 0.4) is 0 Å². The fraction of sp³-hybridized carbons (Fsp3) is 0.278. The molecule has 0 fully saturated rings. The lowest BCUT2D eigenvalue weighted by Gasteiger charge is -2.06. The van der Waals surface area contributed by atoms with Crippen LogP contribution in [-0.4, -0.2) is 27.2 Å². The number of rotatable bonds is 6. The predicted molar refractivity (Wildman–Crippen MR) is 95.6 cm³/mol. The number of aryl methyl sites for hydroxylation is 1. The third-order valence-electron chi connectivity index (χ3n) is 3.92. The number of pyridine rings is 1. The number of amides is 1. The van der Waals surface area contributed by atoms with Gasteiger partial charge in [0.1, 0.15) is 0 Å². The van der Waals surface area contributed by atoms with E-state index in [0.29, 0.717) is 13.0 Å². The minimum absolute atomic E-state index is 0.0601. The Balaban J connectivity index is 1.61. The van der Waals surface area contributed by atoms with E-state index < -0.39 is 0 Å². The monoisotopic (exact) mass is 340 g/mol. The SMILES string of the molecule is Cc1nn(-c2ccccn2)c(C)c1CCNC(=O)Cc1cccs1. The Kier molecular flexibility index (Phi) is 5.05. The quantitative estimate of drug-likeness (QED) is 0.751. The Labute approximate surface area is 145 Å². The zero-order valence-corrected chi connectivity index (χ0v) is 14.6. The largest absolute Gasteiger partial charge is 0.355 e. The van der Waals surface area contributed by atoms with Gasteiger partial charge in [-0.1, -0.05) is 12.1 Å². The molecular weight excluding hydrogens is 320 g/mol. The van der Waals surface area contributed by atoms with Crippen molar-refractivity contribution in [3.8, 4) is 5.82 Å². The molecule has 0 bridgehead atoms. The number of nitrogens with zero attached hydrogens (tertiary/aromatic N) is 3. The first-order chi connectivity index (χ1) is 11.6. The molecule has 0 aliphatic rings. The topological polar surface area (TPSA) is 59.8 Å². The molecule has 0 aliphatic heterocycles. The summed E-state index contributed by atoms with van der Waals surface area (Å²) < 4.78 is 1.86. The van der Waals surface area contributed by atoms with Crippen LogP contribution in [0.5, 0.6) is 0 Å². The first-order valence-corrected chi connectivity index (χ1v) is 8.78. The van der Waals surface area contributed by atoms with E-state index in [1.165, 1.54) is 0 Å². The van der Waals surface area contributed by atoms with E-state index in [1.807, 2.05) is 54.2 Å². The highest BCUT2D eigenvalue weighted by molar-refractivity contribution is 7.10. The van der Waals surface area contributed by atoms with E-state index >= 15 is 0 Å². The predicted octanol–water partition coefficient (Wildman–Crippen LogP) is 2.85. The summed E-state index contributed by atoms with van der Waals surface area (Å²) in [5.41, 5.74) is 3.21. The highest BCUT2D eigenvalue weighted by Crippen LogP contribution is 2.17. The van der Waals surface area contributed by atoms with Gasteiger partial charge in [-0.05, 0) is 49.4 Å². The molecule has 0 saturated heterocycles. The summed E-state index contributed by atoms with van der Waals surface area (Å²) in [5, 5.41) is 9.56. The number of thiophene rings is 1. The zero-order valence-electron chi connectivity index (χ0n) is 13.8. The molecule has 5 nitrogen and oxygen atoms in total. The Morgan fingerprint density at radius 2 is 2.12 bits per heavy atom. The first kappa shape index (κ1) is 16.4. The standard InChI is InChI=1S/C18H20N4OS/c1-13-16(8-10-20-18(23)12-15-6-5-11-24-15)14(2)22(21-13)17-7-3-4-9-19-17/h3-7,9,11H,8,10,12H2,1-2H3,(H,20,23). The maximum Gasteiger partial charge on any atom is 0.225 e. The molecule has 3 aromatic heterocycles. The maximum absolute atomic E-state index is 12.0. The molecule has 3 rings (SSSR count). The number of carbonyl (C=O) groups excluding carboxylic acids is 1. The fourth-order valence-corrected chi connectivity index (χ4v) is 3.40. The molecule has 0 aliphatic carbocycles. The van der Waals surface area contributed by atoms with E-state index in [1.54, 1.807) is 17.5 Å². The number of aromatic nitrogens is 3. The Hall–Kier alpha value is -2.47. The van der Waals surface area contributed by atoms with Crippen LogP contribution in [0.4, 0.5) is 0 Å². The molecule has 124 valence electrons. The summed E-state index contributed by atoms with van der Waals surface area (Å²) in [6.07, 6.45) is 2.97.